The maximum Gasteiger partial charge on any atom is 0.339 e. The van der Waals surface area contributed by atoms with Crippen LogP contribution < -0.4 is 4.90 Å². The standard InChI is InChI=1S/C18H20N2O3S/c1-23-18(22)15-6-2-3-7-16(15)19-8-10-20(11-9-19)17(21)13-14-5-4-12-24-14/h2-7,12H,8-11,13H2,1H3. The van der Waals surface area contributed by atoms with Crippen molar-refractivity contribution in [1.29, 1.82) is 0 Å². The van der Waals surface area contributed by atoms with Crippen LogP contribution >= 0.6 is 11.3 Å². The Balaban J connectivity index is 1.63. The summed E-state index contributed by atoms with van der Waals surface area (Å²) in [7, 11) is 1.39. The van der Waals surface area contributed by atoms with Gasteiger partial charge in [-0.15, -0.1) is 11.3 Å². The summed E-state index contributed by atoms with van der Waals surface area (Å²) >= 11 is 1.61. The number of benzene rings is 1. The summed E-state index contributed by atoms with van der Waals surface area (Å²) in [5.74, 6) is -0.167. The molecule has 0 atom stereocenters. The molecule has 1 aliphatic heterocycles. The predicted octanol–water partition coefficient (Wildman–Crippen LogP) is 2.43. The van der Waals surface area contributed by atoms with Gasteiger partial charge in [-0.1, -0.05) is 18.2 Å². The molecule has 0 N–H and O–H groups in total. The number of methoxy groups -OCH3 is 1. The zero-order chi connectivity index (χ0) is 16.9. The van der Waals surface area contributed by atoms with Gasteiger partial charge in [0, 0.05) is 31.1 Å². The summed E-state index contributed by atoms with van der Waals surface area (Å²) in [5, 5.41) is 1.99. The van der Waals surface area contributed by atoms with Gasteiger partial charge in [-0.25, -0.2) is 4.79 Å². The molecule has 2 aromatic rings. The second-order valence-electron chi connectivity index (χ2n) is 5.63. The van der Waals surface area contributed by atoms with E-state index in [9.17, 15) is 9.59 Å². The van der Waals surface area contributed by atoms with Gasteiger partial charge in [-0.2, -0.15) is 0 Å². The zero-order valence-corrected chi connectivity index (χ0v) is 14.4. The van der Waals surface area contributed by atoms with Crippen molar-refractivity contribution >= 4 is 28.9 Å². The lowest BCUT2D eigenvalue weighted by atomic mass is 10.1. The fourth-order valence-electron chi connectivity index (χ4n) is 2.90. The molecule has 0 unspecified atom stereocenters. The van der Waals surface area contributed by atoms with Crippen LogP contribution in [0.5, 0.6) is 0 Å². The van der Waals surface area contributed by atoms with Gasteiger partial charge in [0.1, 0.15) is 0 Å². The highest BCUT2D eigenvalue weighted by Gasteiger charge is 2.24. The van der Waals surface area contributed by atoms with Crippen molar-refractivity contribution in [2.45, 2.75) is 6.42 Å². The molecule has 24 heavy (non-hydrogen) atoms. The lowest BCUT2D eigenvalue weighted by Crippen LogP contribution is -2.49. The van der Waals surface area contributed by atoms with Gasteiger partial charge in [0.15, 0.2) is 0 Å². The summed E-state index contributed by atoms with van der Waals surface area (Å²) in [6.07, 6.45) is 0.469. The second-order valence-corrected chi connectivity index (χ2v) is 6.66. The molecular weight excluding hydrogens is 324 g/mol. The minimum absolute atomic E-state index is 0.165. The SMILES string of the molecule is COC(=O)c1ccccc1N1CCN(C(=O)Cc2cccs2)CC1. The van der Waals surface area contributed by atoms with Crippen LogP contribution in [0.3, 0.4) is 0 Å². The molecule has 1 fully saturated rings. The van der Waals surface area contributed by atoms with E-state index in [2.05, 4.69) is 4.90 Å². The predicted molar refractivity (Wildman–Crippen MR) is 94.6 cm³/mol. The monoisotopic (exact) mass is 344 g/mol. The topological polar surface area (TPSA) is 49.9 Å². The number of carbonyl (C=O) groups excluding carboxylic acids is 2. The maximum atomic E-state index is 12.4. The fraction of sp³-hybridized carbons (Fsp3) is 0.333. The number of esters is 1. The highest BCUT2D eigenvalue weighted by molar-refractivity contribution is 7.10. The van der Waals surface area contributed by atoms with Gasteiger partial charge in [-0.05, 0) is 23.6 Å². The third-order valence-corrected chi connectivity index (χ3v) is 5.06. The van der Waals surface area contributed by atoms with Gasteiger partial charge in [0.2, 0.25) is 5.91 Å². The van der Waals surface area contributed by atoms with Crippen molar-refractivity contribution < 1.29 is 14.3 Å². The highest BCUT2D eigenvalue weighted by Crippen LogP contribution is 2.23. The molecule has 0 radical (unpaired) electrons. The quantitative estimate of drug-likeness (QED) is 0.800. The summed E-state index contributed by atoms with van der Waals surface area (Å²) in [5.41, 5.74) is 1.44. The summed E-state index contributed by atoms with van der Waals surface area (Å²) in [6, 6.07) is 11.4. The average molecular weight is 344 g/mol. The lowest BCUT2D eigenvalue weighted by molar-refractivity contribution is -0.130. The Morgan fingerprint density at radius 1 is 1.08 bits per heavy atom. The number of ether oxygens (including phenoxy) is 1. The normalized spacial score (nSPS) is 14.5. The van der Waals surface area contributed by atoms with E-state index < -0.39 is 0 Å². The zero-order valence-electron chi connectivity index (χ0n) is 13.6. The molecule has 1 saturated heterocycles. The first kappa shape index (κ1) is 16.5. The minimum Gasteiger partial charge on any atom is -0.465 e. The third-order valence-electron chi connectivity index (χ3n) is 4.19. The largest absolute Gasteiger partial charge is 0.465 e. The average Bonchev–Trinajstić information content (AvgIpc) is 3.14. The van der Waals surface area contributed by atoms with E-state index in [4.69, 9.17) is 4.74 Å². The molecule has 6 heteroatoms. The van der Waals surface area contributed by atoms with Crippen molar-refractivity contribution in [3.8, 4) is 0 Å². The van der Waals surface area contributed by atoms with E-state index in [1.807, 2.05) is 40.6 Å². The molecule has 0 bridgehead atoms. The Morgan fingerprint density at radius 3 is 2.50 bits per heavy atom. The van der Waals surface area contributed by atoms with Gasteiger partial charge < -0.3 is 14.5 Å². The number of thiophene rings is 1. The number of piperazine rings is 1. The van der Waals surface area contributed by atoms with Crippen LogP contribution in [0.4, 0.5) is 5.69 Å². The number of para-hydroxylation sites is 1. The van der Waals surface area contributed by atoms with E-state index in [1.54, 1.807) is 17.4 Å². The number of rotatable bonds is 4. The first-order valence-corrected chi connectivity index (χ1v) is 8.79. The number of amides is 1. The molecular formula is C18H20N2O3S. The molecule has 1 aromatic carbocycles. The molecule has 0 aliphatic carbocycles. The van der Waals surface area contributed by atoms with Gasteiger partial charge in [0.05, 0.1) is 24.8 Å². The summed E-state index contributed by atoms with van der Waals surface area (Å²) < 4.78 is 4.86. The van der Waals surface area contributed by atoms with Crippen molar-refractivity contribution in [2.75, 3.05) is 38.2 Å². The van der Waals surface area contributed by atoms with E-state index >= 15 is 0 Å². The van der Waals surface area contributed by atoms with Gasteiger partial charge in [-0.3, -0.25) is 4.79 Å². The molecule has 5 nitrogen and oxygen atoms in total. The van der Waals surface area contributed by atoms with Crippen molar-refractivity contribution in [3.05, 3.63) is 52.2 Å². The smallest absolute Gasteiger partial charge is 0.339 e. The maximum absolute atomic E-state index is 12.4. The number of anilines is 1. The highest BCUT2D eigenvalue weighted by atomic mass is 32.1. The van der Waals surface area contributed by atoms with Crippen LogP contribution in [0.2, 0.25) is 0 Å². The lowest BCUT2D eigenvalue weighted by Gasteiger charge is -2.36. The van der Waals surface area contributed by atoms with Crippen LogP contribution in [-0.2, 0) is 16.0 Å². The number of hydrogen-bond acceptors (Lipinski definition) is 5. The summed E-state index contributed by atoms with van der Waals surface area (Å²) in [4.78, 5) is 29.4. The molecule has 1 amide bonds. The minimum atomic E-state index is -0.332. The Labute approximate surface area is 145 Å². The molecule has 126 valence electrons. The fourth-order valence-corrected chi connectivity index (χ4v) is 3.60. The van der Waals surface area contributed by atoms with Crippen LogP contribution in [0, 0.1) is 0 Å². The Morgan fingerprint density at radius 2 is 1.83 bits per heavy atom. The summed E-state index contributed by atoms with van der Waals surface area (Å²) in [6.45, 7) is 2.76. The van der Waals surface area contributed by atoms with Crippen molar-refractivity contribution in [3.63, 3.8) is 0 Å². The van der Waals surface area contributed by atoms with Crippen molar-refractivity contribution in [2.24, 2.45) is 0 Å². The molecule has 0 saturated carbocycles. The molecule has 0 spiro atoms. The van der Waals surface area contributed by atoms with E-state index in [1.165, 1.54) is 7.11 Å². The second kappa shape index (κ2) is 7.49. The number of carbonyl (C=O) groups is 2. The molecule has 2 heterocycles. The van der Waals surface area contributed by atoms with Crippen LogP contribution in [0.1, 0.15) is 15.2 Å². The number of nitrogens with zero attached hydrogens (tertiary/aromatic N) is 2. The van der Waals surface area contributed by atoms with Gasteiger partial charge >= 0.3 is 5.97 Å². The molecule has 1 aliphatic rings. The van der Waals surface area contributed by atoms with Crippen molar-refractivity contribution in [1.82, 2.24) is 4.90 Å². The molecule has 1 aromatic heterocycles. The first-order valence-electron chi connectivity index (χ1n) is 7.91. The van der Waals surface area contributed by atoms with Crippen LogP contribution in [0.15, 0.2) is 41.8 Å². The van der Waals surface area contributed by atoms with Gasteiger partial charge in [0.25, 0.3) is 0 Å². The number of hydrogen-bond donors (Lipinski definition) is 0. The Bertz CT molecular complexity index is 707. The third kappa shape index (κ3) is 3.59. The van der Waals surface area contributed by atoms with Crippen LogP contribution in [-0.4, -0.2) is 50.1 Å². The van der Waals surface area contributed by atoms with E-state index in [0.29, 0.717) is 38.2 Å². The van der Waals surface area contributed by atoms with E-state index in [0.717, 1.165) is 10.6 Å². The van der Waals surface area contributed by atoms with E-state index in [-0.39, 0.29) is 11.9 Å². The Kier molecular flexibility index (Phi) is 5.15. The Hall–Kier alpha value is -2.34. The van der Waals surface area contributed by atoms with Crippen LogP contribution in [0.25, 0.3) is 0 Å². The first-order chi connectivity index (χ1) is 11.7. The molecule has 3 rings (SSSR count).